The van der Waals surface area contributed by atoms with E-state index >= 15 is 0 Å². The Morgan fingerprint density at radius 3 is 2.22 bits per heavy atom. The lowest BCUT2D eigenvalue weighted by molar-refractivity contribution is -0.127. The average molecular weight is 582 g/mol. The van der Waals surface area contributed by atoms with Crippen LogP contribution in [0.15, 0.2) is 54.2 Å². The van der Waals surface area contributed by atoms with E-state index in [1.165, 1.54) is 18.2 Å². The SMILES string of the molecule is C=C/C(C)=C\C(=C/C(=O)NCC(O)CN1CCCC1CO)C(=O)N(CCC)CCC.CO.Cc1cc(F)cc(F)c1. The van der Waals surface area contributed by atoms with Crippen molar-refractivity contribution in [3.63, 3.8) is 0 Å². The van der Waals surface area contributed by atoms with E-state index in [0.717, 1.165) is 51.0 Å². The first kappa shape index (κ1) is 38.1. The molecule has 2 amide bonds. The van der Waals surface area contributed by atoms with Crippen molar-refractivity contribution in [1.29, 1.82) is 0 Å². The van der Waals surface area contributed by atoms with Gasteiger partial charge in [-0.15, -0.1) is 0 Å². The Bertz CT molecular complexity index is 943. The number of rotatable bonds is 13. The Balaban J connectivity index is 0.00000121. The average Bonchev–Trinajstić information content (AvgIpc) is 3.38. The molecule has 1 saturated heterocycles. The topological polar surface area (TPSA) is 113 Å². The van der Waals surface area contributed by atoms with Gasteiger partial charge in [0.05, 0.1) is 12.7 Å². The number of aliphatic hydroxyl groups excluding tert-OH is 3. The third kappa shape index (κ3) is 15.6. The van der Waals surface area contributed by atoms with Crippen molar-refractivity contribution in [1.82, 2.24) is 15.1 Å². The van der Waals surface area contributed by atoms with Crippen LogP contribution >= 0.6 is 0 Å². The van der Waals surface area contributed by atoms with Crippen molar-refractivity contribution in [3.05, 3.63) is 71.4 Å². The summed E-state index contributed by atoms with van der Waals surface area (Å²) in [5.41, 5.74) is 1.70. The molecule has 1 aliphatic heterocycles. The molecule has 1 heterocycles. The highest BCUT2D eigenvalue weighted by Gasteiger charge is 2.25. The number of hydrogen-bond acceptors (Lipinski definition) is 6. The summed E-state index contributed by atoms with van der Waals surface area (Å²) < 4.78 is 24.4. The second-order valence-electron chi connectivity index (χ2n) is 9.80. The maximum absolute atomic E-state index is 13.0. The lowest BCUT2D eigenvalue weighted by Crippen LogP contribution is -2.42. The Labute approximate surface area is 244 Å². The van der Waals surface area contributed by atoms with Crippen molar-refractivity contribution >= 4 is 11.8 Å². The number of carbonyl (C=O) groups excluding carboxylic acids is 2. The predicted molar refractivity (Wildman–Crippen MR) is 159 cm³/mol. The van der Waals surface area contributed by atoms with Crippen LogP contribution in [0.5, 0.6) is 0 Å². The van der Waals surface area contributed by atoms with E-state index in [4.69, 9.17) is 5.11 Å². The molecule has 1 aromatic rings. The van der Waals surface area contributed by atoms with Crippen LogP contribution in [0.25, 0.3) is 0 Å². The van der Waals surface area contributed by atoms with Gasteiger partial charge < -0.3 is 25.5 Å². The molecule has 4 N–H and O–H groups in total. The molecular weight excluding hydrogens is 532 g/mol. The van der Waals surface area contributed by atoms with Crippen LogP contribution in [0.3, 0.4) is 0 Å². The molecular formula is C31H49F2N3O5. The number of β-amino-alcohol motifs (C(OH)–C–C–N with tert-alkyl or cyclic N) is 1. The number of nitrogens with one attached hydrogen (secondary N) is 1. The van der Waals surface area contributed by atoms with Crippen molar-refractivity contribution in [3.8, 4) is 0 Å². The van der Waals surface area contributed by atoms with Crippen molar-refractivity contribution in [2.75, 3.05) is 46.4 Å². The molecule has 0 saturated carbocycles. The second kappa shape index (κ2) is 21.8. The normalized spacial score (nSPS) is 16.1. The summed E-state index contributed by atoms with van der Waals surface area (Å²) in [6.07, 6.45) is 7.47. The van der Waals surface area contributed by atoms with E-state index in [9.17, 15) is 28.6 Å². The van der Waals surface area contributed by atoms with Gasteiger partial charge in [-0.05, 0) is 69.8 Å². The lowest BCUT2D eigenvalue weighted by Gasteiger charge is -2.25. The molecule has 10 heteroatoms. The fourth-order valence-electron chi connectivity index (χ4n) is 4.29. The van der Waals surface area contributed by atoms with Crippen LogP contribution in [0.4, 0.5) is 8.78 Å². The largest absolute Gasteiger partial charge is 0.400 e. The molecule has 2 rings (SSSR count). The summed E-state index contributed by atoms with van der Waals surface area (Å²) in [6.45, 7) is 13.9. The van der Waals surface area contributed by atoms with Crippen LogP contribution in [0, 0.1) is 18.6 Å². The molecule has 41 heavy (non-hydrogen) atoms. The standard InChI is InChI=1S/C23H39N3O4.C7H6F2.CH4O/c1-5-10-25(11-6-2)23(30)19(13-18(4)7-3)14-22(29)24-15-21(28)16-26-12-8-9-20(26)17-27;1-5-2-6(8)4-7(9)3-5;1-2/h7,13-14,20-21,27-28H,3,5-6,8-12,15-17H2,1-2,4H3,(H,24,29);2-4H,1H3;2H,1H3/b18-13-,19-14+;;. The molecule has 0 radical (unpaired) electrons. The highest BCUT2D eigenvalue weighted by atomic mass is 19.1. The number of nitrogens with zero attached hydrogens (tertiary/aromatic N) is 2. The van der Waals surface area contributed by atoms with Gasteiger partial charge in [0.1, 0.15) is 11.6 Å². The minimum Gasteiger partial charge on any atom is -0.400 e. The van der Waals surface area contributed by atoms with Crippen LogP contribution in [0.2, 0.25) is 0 Å². The lowest BCUT2D eigenvalue weighted by atomic mass is 10.1. The second-order valence-corrected chi connectivity index (χ2v) is 9.80. The number of halogens is 2. The van der Waals surface area contributed by atoms with Gasteiger partial charge in [0.25, 0.3) is 5.91 Å². The third-order valence-corrected chi connectivity index (χ3v) is 6.19. The maximum Gasteiger partial charge on any atom is 0.254 e. The zero-order chi connectivity index (χ0) is 31.4. The number of benzene rings is 1. The van der Waals surface area contributed by atoms with E-state index in [0.29, 0.717) is 30.8 Å². The summed E-state index contributed by atoms with van der Waals surface area (Å²) in [5, 5.41) is 29.3. The monoisotopic (exact) mass is 581 g/mol. The van der Waals surface area contributed by atoms with Crippen LogP contribution in [-0.2, 0) is 9.59 Å². The number of amides is 2. The van der Waals surface area contributed by atoms with E-state index in [-0.39, 0.29) is 25.1 Å². The van der Waals surface area contributed by atoms with Crippen LogP contribution < -0.4 is 5.32 Å². The molecule has 0 spiro atoms. The van der Waals surface area contributed by atoms with Gasteiger partial charge in [-0.1, -0.05) is 32.1 Å². The van der Waals surface area contributed by atoms with Crippen molar-refractivity contribution in [2.45, 2.75) is 65.5 Å². The van der Waals surface area contributed by atoms with Crippen molar-refractivity contribution < 1.29 is 33.7 Å². The molecule has 1 aliphatic rings. The Morgan fingerprint density at radius 1 is 1.15 bits per heavy atom. The summed E-state index contributed by atoms with van der Waals surface area (Å²) in [4.78, 5) is 29.2. The minimum absolute atomic E-state index is 0.0777. The molecule has 1 fully saturated rings. The zero-order valence-electron chi connectivity index (χ0n) is 25.2. The molecule has 0 aromatic heterocycles. The van der Waals surface area contributed by atoms with E-state index in [2.05, 4.69) is 11.9 Å². The molecule has 0 aliphatic carbocycles. The zero-order valence-corrected chi connectivity index (χ0v) is 25.2. The number of allylic oxidation sites excluding steroid dienone is 2. The van der Waals surface area contributed by atoms with Gasteiger partial charge in [0.2, 0.25) is 5.91 Å². The minimum atomic E-state index is -0.740. The smallest absolute Gasteiger partial charge is 0.254 e. The number of likely N-dealkylation sites (tertiary alicyclic amines) is 1. The first-order valence-corrected chi connectivity index (χ1v) is 14.0. The van der Waals surface area contributed by atoms with Crippen LogP contribution in [-0.4, -0.2) is 95.5 Å². The van der Waals surface area contributed by atoms with Gasteiger partial charge in [-0.25, -0.2) is 8.78 Å². The van der Waals surface area contributed by atoms with Crippen molar-refractivity contribution in [2.24, 2.45) is 0 Å². The highest BCUT2D eigenvalue weighted by molar-refractivity contribution is 6.03. The van der Waals surface area contributed by atoms with Crippen LogP contribution in [0.1, 0.15) is 52.0 Å². The van der Waals surface area contributed by atoms with Gasteiger partial charge in [-0.3, -0.25) is 14.5 Å². The molecule has 8 nitrogen and oxygen atoms in total. The fraction of sp³-hybridized carbons (Fsp3) is 0.548. The number of hydrogen-bond donors (Lipinski definition) is 4. The molecule has 2 unspecified atom stereocenters. The van der Waals surface area contributed by atoms with Gasteiger partial charge >= 0.3 is 0 Å². The van der Waals surface area contributed by atoms with Gasteiger partial charge in [-0.2, -0.15) is 0 Å². The molecule has 1 aromatic carbocycles. The van der Waals surface area contributed by atoms with E-state index in [1.807, 2.05) is 25.7 Å². The third-order valence-electron chi connectivity index (χ3n) is 6.19. The fourth-order valence-corrected chi connectivity index (χ4v) is 4.29. The quantitative estimate of drug-likeness (QED) is 0.210. The predicted octanol–water partition coefficient (Wildman–Crippen LogP) is 3.51. The highest BCUT2D eigenvalue weighted by Crippen LogP contribution is 2.16. The number of carbonyl (C=O) groups is 2. The summed E-state index contributed by atoms with van der Waals surface area (Å²) >= 11 is 0. The Morgan fingerprint density at radius 2 is 1.73 bits per heavy atom. The summed E-state index contributed by atoms with van der Waals surface area (Å²) in [7, 11) is 1.00. The summed E-state index contributed by atoms with van der Waals surface area (Å²) in [5.74, 6) is -1.64. The molecule has 0 bridgehead atoms. The Hall–Kier alpha value is -2.92. The van der Waals surface area contributed by atoms with Gasteiger partial charge in [0, 0.05) is 57.0 Å². The van der Waals surface area contributed by atoms with E-state index in [1.54, 1.807) is 24.0 Å². The molecule has 232 valence electrons. The first-order valence-electron chi connectivity index (χ1n) is 14.0. The van der Waals surface area contributed by atoms with E-state index < -0.39 is 23.6 Å². The van der Waals surface area contributed by atoms with Gasteiger partial charge in [0.15, 0.2) is 0 Å². The molecule has 2 atom stereocenters. The summed E-state index contributed by atoms with van der Waals surface area (Å²) in [6, 6.07) is 3.49. The Kier molecular flexibility index (Phi) is 20.2. The number of aryl methyl sites for hydroxylation is 1. The first-order chi connectivity index (χ1) is 19.5. The number of aliphatic hydroxyl groups is 3. The maximum atomic E-state index is 13.0.